The van der Waals surface area contributed by atoms with Crippen LogP contribution in [-0.2, 0) is 36.8 Å². The molecule has 1 heterocycles. The predicted octanol–water partition coefficient (Wildman–Crippen LogP) is 3.35. The van der Waals surface area contributed by atoms with Gasteiger partial charge in [0.15, 0.2) is 6.61 Å². The summed E-state index contributed by atoms with van der Waals surface area (Å²) in [6.45, 7) is 8.02. The number of nitrogens with one attached hydrogen (secondary N) is 1. The van der Waals surface area contributed by atoms with E-state index in [4.69, 9.17) is 14.2 Å². The fourth-order valence-corrected chi connectivity index (χ4v) is 3.50. The van der Waals surface area contributed by atoms with E-state index in [9.17, 15) is 14.4 Å². The summed E-state index contributed by atoms with van der Waals surface area (Å²) in [5.41, 5.74) is 10.6. The minimum Gasteiger partial charge on any atom is -0.497 e. The number of hydrogen-bond donors (Lipinski definition) is 3. The lowest BCUT2D eigenvalue weighted by atomic mass is 9.93. The van der Waals surface area contributed by atoms with E-state index < -0.39 is 23.7 Å². The zero-order chi connectivity index (χ0) is 32.3. The van der Waals surface area contributed by atoms with Crippen LogP contribution in [0.1, 0.15) is 38.8 Å². The van der Waals surface area contributed by atoms with Crippen molar-refractivity contribution in [1.29, 1.82) is 0 Å². The van der Waals surface area contributed by atoms with E-state index in [2.05, 4.69) is 26.3 Å². The number of benzene rings is 2. The molecule has 1 aliphatic rings. The molecule has 0 radical (unpaired) electrons. The highest BCUT2D eigenvalue weighted by Crippen LogP contribution is 2.29. The van der Waals surface area contributed by atoms with Gasteiger partial charge in [0.05, 0.1) is 20.8 Å². The van der Waals surface area contributed by atoms with Crippen LogP contribution in [0, 0.1) is 0 Å². The molecule has 0 spiro atoms. The van der Waals surface area contributed by atoms with Gasteiger partial charge >= 0.3 is 12.1 Å². The average Bonchev–Trinajstić information content (AvgIpc) is 3.00. The second-order valence-corrected chi connectivity index (χ2v) is 9.42. The van der Waals surface area contributed by atoms with Crippen LogP contribution in [-0.4, -0.2) is 83.2 Å². The summed E-state index contributed by atoms with van der Waals surface area (Å²) in [7, 11) is 7.53. The number of nitrogens with two attached hydrogens (primary N) is 2. The van der Waals surface area contributed by atoms with Gasteiger partial charge < -0.3 is 40.5 Å². The van der Waals surface area contributed by atoms with Crippen LogP contribution in [0.3, 0.4) is 0 Å². The first-order valence-corrected chi connectivity index (χ1v) is 13.4. The van der Waals surface area contributed by atoms with Gasteiger partial charge in [0.2, 0.25) is 5.91 Å². The van der Waals surface area contributed by atoms with E-state index in [-0.39, 0.29) is 19.1 Å². The van der Waals surface area contributed by atoms with Crippen LogP contribution < -0.4 is 26.3 Å². The molecule has 0 aliphatic carbocycles. The van der Waals surface area contributed by atoms with E-state index in [1.807, 2.05) is 13.0 Å². The minimum atomic E-state index is -0.772. The molecule has 0 aromatic heterocycles. The van der Waals surface area contributed by atoms with E-state index in [0.717, 1.165) is 17.7 Å². The molecule has 236 valence electrons. The molecule has 3 rings (SSSR count). The molecule has 5 N–H and O–H groups in total. The Morgan fingerprint density at radius 1 is 0.929 bits per heavy atom. The number of amides is 2. The Kier molecular flexibility index (Phi) is 18.2. The summed E-state index contributed by atoms with van der Waals surface area (Å²) in [5, 5.41) is 2.87. The van der Waals surface area contributed by atoms with Crippen molar-refractivity contribution in [2.24, 2.45) is 11.5 Å². The average molecular weight is 593 g/mol. The van der Waals surface area contributed by atoms with Crippen molar-refractivity contribution in [2.75, 3.05) is 54.0 Å². The van der Waals surface area contributed by atoms with Crippen molar-refractivity contribution in [1.82, 2.24) is 4.90 Å². The van der Waals surface area contributed by atoms with Gasteiger partial charge in [0.25, 0.3) is 0 Å². The molecule has 12 heteroatoms. The molecule has 0 fully saturated rings. The van der Waals surface area contributed by atoms with Crippen molar-refractivity contribution >= 4 is 23.7 Å². The second kappa shape index (κ2) is 20.1. The van der Waals surface area contributed by atoms with E-state index >= 15 is 0 Å². The zero-order valence-electron chi connectivity index (χ0n) is 26.3. The number of hydrogen-bond acceptors (Lipinski definition) is 10. The third-order valence-corrected chi connectivity index (χ3v) is 5.47. The van der Waals surface area contributed by atoms with Gasteiger partial charge in [-0.25, -0.2) is 9.59 Å². The Morgan fingerprint density at radius 2 is 1.50 bits per heavy atom. The number of carbonyl (C=O) groups excluding carboxylic acids is 3. The van der Waals surface area contributed by atoms with Crippen molar-refractivity contribution in [2.45, 2.75) is 52.3 Å². The maximum Gasteiger partial charge on any atom is 0.411 e. The standard InChI is InChI=1S/C25H30N2O7.C3H8O.2CH5N/c1-25(2,3)34-24(30)27-14-17-12-20(33-15-22(28)32-5)9-6-16(17)13-21(27)23(29)26-18-7-10-19(31-4)11-8-18;1-3-4-2;2*1-2/h6-12,21H,13-15H2,1-5H3,(H,26,29);3H2,1-2H3;2*2H2,1H3. The van der Waals surface area contributed by atoms with Crippen LogP contribution in [0.5, 0.6) is 11.5 Å². The lowest BCUT2D eigenvalue weighted by Crippen LogP contribution is -2.52. The highest BCUT2D eigenvalue weighted by Gasteiger charge is 2.37. The first kappa shape index (κ1) is 38.1. The van der Waals surface area contributed by atoms with Crippen molar-refractivity contribution in [3.05, 3.63) is 53.6 Å². The molecule has 42 heavy (non-hydrogen) atoms. The number of fused-ring (bicyclic) bond motifs is 1. The maximum absolute atomic E-state index is 13.2. The van der Waals surface area contributed by atoms with Gasteiger partial charge in [-0.2, -0.15) is 0 Å². The topological polar surface area (TPSA) is 165 Å². The van der Waals surface area contributed by atoms with Crippen molar-refractivity contribution in [3.63, 3.8) is 0 Å². The Bertz CT molecular complexity index is 1090. The summed E-state index contributed by atoms with van der Waals surface area (Å²) < 4.78 is 25.3. The smallest absolute Gasteiger partial charge is 0.411 e. The van der Waals surface area contributed by atoms with Crippen LogP contribution >= 0.6 is 0 Å². The number of esters is 1. The molecular weight excluding hydrogens is 544 g/mol. The molecular formula is C30H48N4O8. The number of carbonyl (C=O) groups is 3. The largest absolute Gasteiger partial charge is 0.497 e. The van der Waals surface area contributed by atoms with E-state index in [1.165, 1.54) is 26.1 Å². The number of rotatable bonds is 7. The summed E-state index contributed by atoms with van der Waals surface area (Å²) in [4.78, 5) is 39.0. The second-order valence-electron chi connectivity index (χ2n) is 9.42. The third kappa shape index (κ3) is 13.2. The lowest BCUT2D eigenvalue weighted by Gasteiger charge is -2.37. The number of ether oxygens (including phenoxy) is 5. The van der Waals surface area contributed by atoms with Gasteiger partial charge in [-0.3, -0.25) is 9.69 Å². The fraction of sp³-hybridized carbons (Fsp3) is 0.500. The Morgan fingerprint density at radius 3 is 2.00 bits per heavy atom. The third-order valence-electron chi connectivity index (χ3n) is 5.47. The molecule has 2 aromatic rings. The van der Waals surface area contributed by atoms with Gasteiger partial charge in [-0.15, -0.1) is 0 Å². The number of methoxy groups -OCH3 is 3. The van der Waals surface area contributed by atoms with Crippen LogP contribution in [0.2, 0.25) is 0 Å². The summed E-state index contributed by atoms with van der Waals surface area (Å²) in [6.07, 6.45) is -0.290. The molecule has 0 bridgehead atoms. The minimum absolute atomic E-state index is 0.153. The maximum atomic E-state index is 13.2. The summed E-state index contributed by atoms with van der Waals surface area (Å²) in [5.74, 6) is 0.315. The molecule has 1 aliphatic heterocycles. The molecule has 1 unspecified atom stereocenters. The Labute approximate surface area is 249 Å². The quantitative estimate of drug-likeness (QED) is 0.406. The first-order valence-electron chi connectivity index (χ1n) is 13.4. The van der Waals surface area contributed by atoms with Crippen LogP contribution in [0.4, 0.5) is 10.5 Å². The highest BCUT2D eigenvalue weighted by molar-refractivity contribution is 5.97. The lowest BCUT2D eigenvalue weighted by molar-refractivity contribution is -0.142. The van der Waals surface area contributed by atoms with Crippen LogP contribution in [0.15, 0.2) is 42.5 Å². The Hall–Kier alpha value is -3.87. The highest BCUT2D eigenvalue weighted by atomic mass is 16.6. The zero-order valence-corrected chi connectivity index (χ0v) is 26.3. The molecule has 2 aromatic carbocycles. The predicted molar refractivity (Wildman–Crippen MR) is 163 cm³/mol. The van der Waals surface area contributed by atoms with Crippen molar-refractivity contribution < 1.29 is 38.1 Å². The van der Waals surface area contributed by atoms with Gasteiger partial charge in [0.1, 0.15) is 23.1 Å². The van der Waals surface area contributed by atoms with Crippen molar-refractivity contribution in [3.8, 4) is 11.5 Å². The van der Waals surface area contributed by atoms with E-state index in [0.29, 0.717) is 23.6 Å². The van der Waals surface area contributed by atoms with E-state index in [1.54, 1.807) is 71.4 Å². The van der Waals surface area contributed by atoms with Crippen LogP contribution in [0.25, 0.3) is 0 Å². The molecule has 0 saturated heterocycles. The van der Waals surface area contributed by atoms with Gasteiger partial charge in [-0.05, 0) is 89.3 Å². The molecule has 0 saturated carbocycles. The normalized spacial score (nSPS) is 13.2. The summed E-state index contributed by atoms with van der Waals surface area (Å²) in [6, 6.07) is 11.5. The Balaban J connectivity index is 0.00000190. The SMILES string of the molecule is CCOC.CN.CN.COC(=O)COc1ccc2c(c1)CN(C(=O)OC(C)(C)C)C(C(=O)Nc1ccc(OC)cc1)C2. The molecule has 12 nitrogen and oxygen atoms in total. The number of nitrogens with zero attached hydrogens (tertiary/aromatic N) is 1. The van der Waals surface area contributed by atoms with Gasteiger partial charge in [0, 0.05) is 25.8 Å². The fourth-order valence-electron chi connectivity index (χ4n) is 3.50. The first-order chi connectivity index (χ1) is 20.0. The monoisotopic (exact) mass is 592 g/mol. The van der Waals surface area contributed by atoms with Gasteiger partial charge in [-0.1, -0.05) is 6.07 Å². The molecule has 1 atom stereocenters. The summed E-state index contributed by atoms with van der Waals surface area (Å²) >= 11 is 0. The molecule has 2 amide bonds. The number of anilines is 1.